The number of carboxylic acids is 1. The van der Waals surface area contributed by atoms with Gasteiger partial charge in [-0.2, -0.15) is 13.2 Å². The number of rotatable bonds is 9. The van der Waals surface area contributed by atoms with E-state index in [2.05, 4.69) is 0 Å². The molecule has 29 heavy (non-hydrogen) atoms. The molecule has 0 radical (unpaired) electrons. The highest BCUT2D eigenvalue weighted by Crippen LogP contribution is 2.32. The minimum absolute atomic E-state index is 0.0956. The summed E-state index contributed by atoms with van der Waals surface area (Å²) in [5.41, 5.74) is 0.0589. The summed E-state index contributed by atoms with van der Waals surface area (Å²) in [7, 11) is 1.57. The molecule has 5 nitrogen and oxygen atoms in total. The number of hydrogen-bond donors (Lipinski definition) is 1. The van der Waals surface area contributed by atoms with E-state index >= 15 is 0 Å². The molecule has 0 aliphatic carbocycles. The van der Waals surface area contributed by atoms with Crippen molar-refractivity contribution >= 4 is 11.9 Å². The van der Waals surface area contributed by atoms with E-state index in [4.69, 9.17) is 9.84 Å². The van der Waals surface area contributed by atoms with E-state index < -0.39 is 23.8 Å². The van der Waals surface area contributed by atoms with Crippen LogP contribution in [0.2, 0.25) is 0 Å². The van der Waals surface area contributed by atoms with Crippen molar-refractivity contribution in [1.82, 2.24) is 4.90 Å². The fourth-order valence-electron chi connectivity index (χ4n) is 2.69. The van der Waals surface area contributed by atoms with Crippen LogP contribution in [0.4, 0.5) is 13.2 Å². The molecular formula is C21H22F3NO4. The Balaban J connectivity index is 2.06. The van der Waals surface area contributed by atoms with Crippen LogP contribution in [0.3, 0.4) is 0 Å². The van der Waals surface area contributed by atoms with Gasteiger partial charge in [-0.15, -0.1) is 0 Å². The number of nitrogens with zero attached hydrogens (tertiary/aromatic N) is 1. The van der Waals surface area contributed by atoms with Crippen molar-refractivity contribution in [3.63, 3.8) is 0 Å². The molecule has 0 heterocycles. The van der Waals surface area contributed by atoms with Crippen LogP contribution in [0.15, 0.2) is 54.6 Å². The van der Waals surface area contributed by atoms with Crippen LogP contribution in [0.5, 0.6) is 5.75 Å². The second kappa shape index (κ2) is 9.95. The molecule has 0 saturated carbocycles. The Bertz CT molecular complexity index is 807. The van der Waals surface area contributed by atoms with Gasteiger partial charge in [0.05, 0.1) is 12.0 Å². The number of hydrogen-bond acceptors (Lipinski definition) is 3. The maximum atomic E-state index is 12.7. The van der Waals surface area contributed by atoms with E-state index in [9.17, 15) is 22.8 Å². The van der Waals surface area contributed by atoms with Crippen molar-refractivity contribution in [2.75, 3.05) is 13.6 Å². The van der Waals surface area contributed by atoms with Gasteiger partial charge in [-0.1, -0.05) is 30.3 Å². The summed E-state index contributed by atoms with van der Waals surface area (Å²) in [6.07, 6.45) is -4.85. The van der Waals surface area contributed by atoms with Crippen LogP contribution >= 0.6 is 0 Å². The Morgan fingerprint density at radius 3 is 2.21 bits per heavy atom. The molecule has 156 valence electrons. The van der Waals surface area contributed by atoms with Crippen molar-refractivity contribution in [2.24, 2.45) is 0 Å². The molecule has 2 aromatic rings. The summed E-state index contributed by atoms with van der Waals surface area (Å²) in [6.45, 7) is 0.304. The molecule has 8 heteroatoms. The van der Waals surface area contributed by atoms with Crippen molar-refractivity contribution in [3.05, 3.63) is 65.7 Å². The molecule has 2 aromatic carbocycles. The Labute approximate surface area is 166 Å². The largest absolute Gasteiger partial charge is 0.486 e. The van der Waals surface area contributed by atoms with E-state index in [1.165, 1.54) is 17.0 Å². The third-order valence-electron chi connectivity index (χ3n) is 4.34. The average Bonchev–Trinajstić information content (AvgIpc) is 2.69. The minimum atomic E-state index is -4.42. The third kappa shape index (κ3) is 7.14. The Kier molecular flexibility index (Phi) is 7.64. The molecule has 1 N–H and O–H groups in total. The third-order valence-corrected chi connectivity index (χ3v) is 4.34. The lowest BCUT2D eigenvalue weighted by molar-refractivity contribution is -0.140. The number of alkyl halides is 3. The summed E-state index contributed by atoms with van der Waals surface area (Å²) < 4.78 is 44.1. The van der Waals surface area contributed by atoms with Crippen molar-refractivity contribution in [1.29, 1.82) is 0 Å². The van der Waals surface area contributed by atoms with Gasteiger partial charge >= 0.3 is 12.1 Å². The predicted molar refractivity (Wildman–Crippen MR) is 100 cm³/mol. The predicted octanol–water partition coefficient (Wildman–Crippen LogP) is 4.54. The van der Waals surface area contributed by atoms with Gasteiger partial charge in [-0.05, 0) is 29.8 Å². The molecule has 0 aromatic heterocycles. The quantitative estimate of drug-likeness (QED) is 0.660. The first-order valence-electron chi connectivity index (χ1n) is 9.01. The SMILES string of the molecule is CN(CCC(Oc1ccc(C(F)(F)F)cc1)c1ccccc1)C(=O)CCC(=O)O. The lowest BCUT2D eigenvalue weighted by Gasteiger charge is -2.23. The van der Waals surface area contributed by atoms with Gasteiger partial charge in [-0.25, -0.2) is 0 Å². The number of carboxylic acid groups (broad SMARTS) is 1. The fourth-order valence-corrected chi connectivity index (χ4v) is 2.69. The van der Waals surface area contributed by atoms with Crippen LogP contribution < -0.4 is 4.74 Å². The zero-order valence-corrected chi connectivity index (χ0v) is 15.9. The maximum Gasteiger partial charge on any atom is 0.416 e. The first-order chi connectivity index (χ1) is 13.7. The van der Waals surface area contributed by atoms with Crippen LogP contribution in [-0.2, 0) is 15.8 Å². The molecule has 0 spiro atoms. The molecule has 0 aliphatic heterocycles. The Hall–Kier alpha value is -3.03. The summed E-state index contributed by atoms with van der Waals surface area (Å²) >= 11 is 0. The highest BCUT2D eigenvalue weighted by molar-refractivity contribution is 5.80. The summed E-state index contributed by atoms with van der Waals surface area (Å²) in [4.78, 5) is 24.0. The molecule has 1 atom stereocenters. The molecule has 0 fully saturated rings. The lowest BCUT2D eigenvalue weighted by Crippen LogP contribution is -2.29. The smallest absolute Gasteiger partial charge is 0.416 e. The zero-order chi connectivity index (χ0) is 21.4. The number of benzene rings is 2. The fraction of sp³-hybridized carbons (Fsp3) is 0.333. The molecule has 1 amide bonds. The molecule has 0 bridgehead atoms. The van der Waals surface area contributed by atoms with E-state index in [0.717, 1.165) is 17.7 Å². The topological polar surface area (TPSA) is 66.8 Å². The van der Waals surface area contributed by atoms with Crippen LogP contribution in [0.1, 0.15) is 36.5 Å². The second-order valence-electron chi connectivity index (χ2n) is 6.54. The van der Waals surface area contributed by atoms with Gasteiger partial charge in [0.15, 0.2) is 0 Å². The Morgan fingerprint density at radius 2 is 1.66 bits per heavy atom. The van der Waals surface area contributed by atoms with Gasteiger partial charge in [0.1, 0.15) is 11.9 Å². The average molecular weight is 409 g/mol. The monoisotopic (exact) mass is 409 g/mol. The van der Waals surface area contributed by atoms with Gasteiger partial charge in [0.25, 0.3) is 0 Å². The summed E-state index contributed by atoms with van der Waals surface area (Å²) in [5.74, 6) is -1.06. The number of ether oxygens (including phenoxy) is 1. The van der Waals surface area contributed by atoms with E-state index in [-0.39, 0.29) is 24.5 Å². The zero-order valence-electron chi connectivity index (χ0n) is 15.9. The van der Waals surface area contributed by atoms with Gasteiger partial charge < -0.3 is 14.7 Å². The highest BCUT2D eigenvalue weighted by Gasteiger charge is 2.30. The number of aliphatic carboxylic acids is 1. The Morgan fingerprint density at radius 1 is 1.03 bits per heavy atom. The number of carbonyl (C=O) groups excluding carboxylic acids is 1. The number of halogens is 3. The molecule has 0 aliphatic rings. The first kappa shape index (κ1) is 22.3. The van der Waals surface area contributed by atoms with E-state index in [1.54, 1.807) is 7.05 Å². The van der Waals surface area contributed by atoms with Crippen molar-refractivity contribution < 1.29 is 32.6 Å². The van der Waals surface area contributed by atoms with E-state index in [0.29, 0.717) is 13.0 Å². The first-order valence-corrected chi connectivity index (χ1v) is 9.01. The number of carbonyl (C=O) groups is 2. The van der Waals surface area contributed by atoms with Crippen LogP contribution in [-0.4, -0.2) is 35.5 Å². The number of amides is 1. The maximum absolute atomic E-state index is 12.7. The van der Waals surface area contributed by atoms with Crippen molar-refractivity contribution in [3.8, 4) is 5.75 Å². The normalized spacial score (nSPS) is 12.3. The van der Waals surface area contributed by atoms with Gasteiger partial charge in [0.2, 0.25) is 5.91 Å². The summed E-state index contributed by atoms with van der Waals surface area (Å²) in [5, 5.41) is 8.68. The highest BCUT2D eigenvalue weighted by atomic mass is 19.4. The van der Waals surface area contributed by atoms with Gasteiger partial charge in [-0.3, -0.25) is 9.59 Å². The van der Waals surface area contributed by atoms with Crippen LogP contribution in [0, 0.1) is 0 Å². The molecular weight excluding hydrogens is 387 g/mol. The van der Waals surface area contributed by atoms with E-state index in [1.807, 2.05) is 30.3 Å². The summed E-state index contributed by atoms with van der Waals surface area (Å²) in [6, 6.07) is 13.6. The standard InChI is InChI=1S/C21H22F3NO4/c1-25(19(26)11-12-20(27)28)14-13-18(15-5-3-2-4-6-15)29-17-9-7-16(8-10-17)21(22,23)24/h2-10,18H,11-14H2,1H3,(H,27,28). The minimum Gasteiger partial charge on any atom is -0.486 e. The van der Waals surface area contributed by atoms with Gasteiger partial charge in [0, 0.05) is 26.4 Å². The molecule has 0 saturated heterocycles. The van der Waals surface area contributed by atoms with Crippen molar-refractivity contribution in [2.45, 2.75) is 31.5 Å². The molecule has 1 unspecified atom stereocenters. The van der Waals surface area contributed by atoms with Crippen LogP contribution in [0.25, 0.3) is 0 Å². The molecule has 2 rings (SSSR count). The lowest BCUT2D eigenvalue weighted by atomic mass is 10.1. The second-order valence-corrected chi connectivity index (χ2v) is 6.54.